The number of carbonyl (C=O) groups is 2. The summed E-state index contributed by atoms with van der Waals surface area (Å²) in [7, 11) is -1.91. The van der Waals surface area contributed by atoms with Gasteiger partial charge in [0.05, 0.1) is 22.8 Å². The molecule has 0 atom stereocenters. The molecule has 2 heterocycles. The number of esters is 1. The molecule has 0 spiro atoms. The van der Waals surface area contributed by atoms with Crippen LogP contribution in [0.3, 0.4) is 0 Å². The quantitative estimate of drug-likeness (QED) is 0.315. The number of thiophene rings is 1. The average molecular weight is 549 g/mol. The van der Waals surface area contributed by atoms with E-state index < -0.39 is 15.8 Å². The number of aryl methyl sites for hydroxylation is 2. The summed E-state index contributed by atoms with van der Waals surface area (Å²) in [6, 6.07) is 6.66. The van der Waals surface area contributed by atoms with E-state index in [0.717, 1.165) is 53.4 Å². The fraction of sp³-hybridized carbons (Fsp3) is 0.417. The maximum atomic E-state index is 12.8. The topological polar surface area (TPSA) is 120 Å². The van der Waals surface area contributed by atoms with E-state index >= 15 is 0 Å². The summed E-state index contributed by atoms with van der Waals surface area (Å²) < 4.78 is 32.4. The van der Waals surface area contributed by atoms with Crippen molar-refractivity contribution in [2.24, 2.45) is 7.05 Å². The number of carbonyl (C=O) groups excluding carboxylic acids is 2. The third-order valence-corrected chi connectivity index (χ3v) is 9.72. The van der Waals surface area contributed by atoms with Gasteiger partial charge in [0.15, 0.2) is 15.0 Å². The number of amides is 1. The molecule has 1 aliphatic carbocycles. The summed E-state index contributed by atoms with van der Waals surface area (Å²) >= 11 is 2.59. The Morgan fingerprint density at radius 1 is 1.17 bits per heavy atom. The summed E-state index contributed by atoms with van der Waals surface area (Å²) in [6.45, 7) is 3.91. The fourth-order valence-electron chi connectivity index (χ4n) is 3.96. The molecule has 36 heavy (non-hydrogen) atoms. The number of hydrogen-bond acceptors (Lipinski definition) is 9. The van der Waals surface area contributed by atoms with Gasteiger partial charge < -0.3 is 14.6 Å². The number of sulfone groups is 1. The summed E-state index contributed by atoms with van der Waals surface area (Å²) in [5.74, 6) is -0.681. The maximum absolute atomic E-state index is 12.8. The number of nitrogens with one attached hydrogen (secondary N) is 1. The summed E-state index contributed by atoms with van der Waals surface area (Å²) in [5.41, 5.74) is 2.43. The predicted molar refractivity (Wildman–Crippen MR) is 139 cm³/mol. The first kappa shape index (κ1) is 26.4. The Morgan fingerprint density at radius 2 is 1.89 bits per heavy atom. The molecule has 192 valence electrons. The molecule has 4 rings (SSSR count). The first-order valence-electron chi connectivity index (χ1n) is 11.6. The van der Waals surface area contributed by atoms with Crippen molar-refractivity contribution in [2.75, 3.05) is 17.7 Å². The van der Waals surface area contributed by atoms with Crippen molar-refractivity contribution in [2.45, 2.75) is 55.3 Å². The molecule has 0 saturated heterocycles. The third kappa shape index (κ3) is 5.81. The molecule has 1 N–H and O–H groups in total. The number of anilines is 1. The Balaban J connectivity index is 1.42. The molecule has 0 aliphatic heterocycles. The lowest BCUT2D eigenvalue weighted by molar-refractivity contribution is -0.113. The van der Waals surface area contributed by atoms with Gasteiger partial charge in [-0.1, -0.05) is 29.5 Å². The lowest BCUT2D eigenvalue weighted by Crippen LogP contribution is -2.17. The van der Waals surface area contributed by atoms with E-state index in [4.69, 9.17) is 4.74 Å². The number of ether oxygens (including phenoxy) is 1. The Morgan fingerprint density at radius 3 is 2.61 bits per heavy atom. The van der Waals surface area contributed by atoms with E-state index in [2.05, 4.69) is 15.5 Å². The van der Waals surface area contributed by atoms with Gasteiger partial charge in [-0.25, -0.2) is 13.2 Å². The highest BCUT2D eigenvalue weighted by Gasteiger charge is 2.27. The molecule has 12 heteroatoms. The minimum Gasteiger partial charge on any atom is -0.462 e. The van der Waals surface area contributed by atoms with Crippen LogP contribution in [-0.2, 0) is 45.0 Å². The fourth-order valence-corrected chi connectivity index (χ4v) is 7.29. The second-order valence-electron chi connectivity index (χ2n) is 8.50. The van der Waals surface area contributed by atoms with Crippen LogP contribution in [0.2, 0.25) is 0 Å². The van der Waals surface area contributed by atoms with Gasteiger partial charge in [-0.3, -0.25) is 4.79 Å². The Hall–Kier alpha value is -2.70. The van der Waals surface area contributed by atoms with Crippen LogP contribution in [0.4, 0.5) is 5.00 Å². The highest BCUT2D eigenvalue weighted by Crippen LogP contribution is 2.38. The molecule has 1 aliphatic rings. The number of hydrogen-bond donors (Lipinski definition) is 1. The molecule has 2 aromatic heterocycles. The van der Waals surface area contributed by atoms with Crippen LogP contribution in [0.25, 0.3) is 0 Å². The Kier molecular flexibility index (Phi) is 8.16. The van der Waals surface area contributed by atoms with E-state index in [-0.39, 0.29) is 34.7 Å². The van der Waals surface area contributed by atoms with E-state index in [1.807, 2.05) is 6.92 Å². The number of rotatable bonds is 9. The highest BCUT2D eigenvalue weighted by molar-refractivity contribution is 7.99. The van der Waals surface area contributed by atoms with Crippen LogP contribution >= 0.6 is 23.1 Å². The van der Waals surface area contributed by atoms with Crippen LogP contribution in [-0.4, -0.2) is 47.4 Å². The smallest absolute Gasteiger partial charge is 0.341 e. The van der Waals surface area contributed by atoms with Gasteiger partial charge in [0.25, 0.3) is 0 Å². The van der Waals surface area contributed by atoms with Crippen LogP contribution in [0.15, 0.2) is 34.3 Å². The minimum atomic E-state index is -3.59. The zero-order chi connectivity index (χ0) is 25.9. The second-order valence-corrected chi connectivity index (χ2v) is 12.5. The van der Waals surface area contributed by atoms with Crippen molar-refractivity contribution in [1.29, 1.82) is 0 Å². The van der Waals surface area contributed by atoms with E-state index in [1.165, 1.54) is 11.3 Å². The van der Waals surface area contributed by atoms with Gasteiger partial charge >= 0.3 is 5.97 Å². The molecule has 0 radical (unpaired) electrons. The van der Waals surface area contributed by atoms with Gasteiger partial charge in [-0.15, -0.1) is 21.5 Å². The van der Waals surface area contributed by atoms with Gasteiger partial charge in [0.1, 0.15) is 16.6 Å². The molecule has 0 fully saturated rings. The molecule has 0 saturated carbocycles. The molecule has 9 nitrogen and oxygen atoms in total. The SMILES string of the molecule is CCOC(=O)c1c(NC(=O)CSc2nnc(CS(=O)(=O)c3ccc(C)cc3)n2C)sc2c1CCCC2. The predicted octanol–water partition coefficient (Wildman–Crippen LogP) is 3.95. The van der Waals surface area contributed by atoms with Gasteiger partial charge in [-0.2, -0.15) is 0 Å². The van der Waals surface area contributed by atoms with E-state index in [9.17, 15) is 18.0 Å². The lowest BCUT2D eigenvalue weighted by atomic mass is 9.95. The van der Waals surface area contributed by atoms with Gasteiger partial charge in [-0.05, 0) is 57.2 Å². The second kappa shape index (κ2) is 11.1. The summed E-state index contributed by atoms with van der Waals surface area (Å²) in [5, 5.41) is 11.9. The molecule has 1 amide bonds. The molecule has 0 unspecified atom stereocenters. The number of nitrogens with zero attached hydrogens (tertiary/aromatic N) is 3. The Labute approximate surface area is 218 Å². The number of benzene rings is 1. The van der Waals surface area contributed by atoms with Crippen LogP contribution in [0, 0.1) is 6.92 Å². The standard InChI is InChI=1S/C24H28N4O5S3/c1-4-33-23(30)21-17-7-5-6-8-18(17)35-22(21)25-20(29)13-34-24-27-26-19(28(24)3)14-36(31,32)16-11-9-15(2)10-12-16/h9-12H,4-8,13-14H2,1-3H3,(H,25,29). The molecule has 1 aromatic carbocycles. The van der Waals surface area contributed by atoms with Crippen molar-refractivity contribution in [3.63, 3.8) is 0 Å². The molecular formula is C24H28N4O5S3. The van der Waals surface area contributed by atoms with E-state index in [0.29, 0.717) is 15.7 Å². The van der Waals surface area contributed by atoms with Crippen molar-refractivity contribution in [3.05, 3.63) is 51.7 Å². The van der Waals surface area contributed by atoms with Crippen LogP contribution in [0.5, 0.6) is 0 Å². The van der Waals surface area contributed by atoms with Crippen molar-refractivity contribution in [3.8, 4) is 0 Å². The van der Waals surface area contributed by atoms with Gasteiger partial charge in [0, 0.05) is 11.9 Å². The maximum Gasteiger partial charge on any atom is 0.341 e. The molecule has 3 aromatic rings. The lowest BCUT2D eigenvalue weighted by Gasteiger charge is -2.12. The number of aromatic nitrogens is 3. The summed E-state index contributed by atoms with van der Waals surface area (Å²) in [6.07, 6.45) is 3.77. The van der Waals surface area contributed by atoms with E-state index in [1.54, 1.807) is 42.8 Å². The Bertz CT molecular complexity index is 1380. The van der Waals surface area contributed by atoms with Crippen molar-refractivity contribution < 1.29 is 22.7 Å². The largest absolute Gasteiger partial charge is 0.462 e. The van der Waals surface area contributed by atoms with Crippen LogP contribution < -0.4 is 5.32 Å². The first-order valence-corrected chi connectivity index (χ1v) is 15.1. The van der Waals surface area contributed by atoms with Gasteiger partial charge in [0.2, 0.25) is 5.91 Å². The average Bonchev–Trinajstić information content (AvgIpc) is 3.37. The zero-order valence-electron chi connectivity index (χ0n) is 20.4. The monoisotopic (exact) mass is 548 g/mol. The first-order chi connectivity index (χ1) is 17.2. The third-order valence-electron chi connectivity index (χ3n) is 5.86. The zero-order valence-corrected chi connectivity index (χ0v) is 22.8. The minimum absolute atomic E-state index is 0.0293. The number of fused-ring (bicyclic) bond motifs is 1. The molecule has 0 bridgehead atoms. The van der Waals surface area contributed by atoms with Crippen molar-refractivity contribution in [1.82, 2.24) is 14.8 Å². The number of thioether (sulfide) groups is 1. The summed E-state index contributed by atoms with van der Waals surface area (Å²) in [4.78, 5) is 26.7. The normalized spacial score (nSPS) is 13.3. The van der Waals surface area contributed by atoms with Crippen LogP contribution in [0.1, 0.15) is 52.0 Å². The van der Waals surface area contributed by atoms with Crippen molar-refractivity contribution >= 4 is 49.8 Å². The highest BCUT2D eigenvalue weighted by atomic mass is 32.2. The molecular weight excluding hydrogens is 520 g/mol.